The van der Waals surface area contributed by atoms with Gasteiger partial charge in [0, 0.05) is 0 Å². The molecule has 0 aliphatic heterocycles. The van der Waals surface area contributed by atoms with E-state index >= 15 is 0 Å². The molecule has 0 amide bonds. The summed E-state index contributed by atoms with van der Waals surface area (Å²) in [4.78, 5) is 0. The van der Waals surface area contributed by atoms with Crippen LogP contribution in [0.3, 0.4) is 0 Å². The maximum Gasteiger partial charge on any atom is 0.115 e. The maximum absolute atomic E-state index is 8.92. The molecule has 0 bridgehead atoms. The van der Waals surface area contributed by atoms with Crippen molar-refractivity contribution in [2.75, 3.05) is 7.05 Å². The number of aryl methyl sites for hydroxylation is 1. The van der Waals surface area contributed by atoms with E-state index in [1.165, 1.54) is 12.6 Å². The van der Waals surface area contributed by atoms with Gasteiger partial charge in [-0.25, -0.2) is 0 Å². The van der Waals surface area contributed by atoms with Crippen LogP contribution in [0.1, 0.15) is 18.9 Å². The lowest BCUT2D eigenvalue weighted by Gasteiger charge is -1.96. The molecule has 0 spiro atoms. The van der Waals surface area contributed by atoms with Crippen LogP contribution in [0.25, 0.3) is 0 Å². The van der Waals surface area contributed by atoms with Crippen molar-refractivity contribution < 1.29 is 5.11 Å². The van der Waals surface area contributed by atoms with Gasteiger partial charge in [0.2, 0.25) is 0 Å². The molecule has 1 aromatic rings. The van der Waals surface area contributed by atoms with E-state index in [0.29, 0.717) is 5.75 Å². The van der Waals surface area contributed by atoms with Gasteiger partial charge in [0.05, 0.1) is 0 Å². The van der Waals surface area contributed by atoms with Gasteiger partial charge < -0.3 is 10.8 Å². The van der Waals surface area contributed by atoms with Crippen LogP contribution >= 0.6 is 0 Å². The lowest BCUT2D eigenvalue weighted by molar-refractivity contribution is 0.475. The van der Waals surface area contributed by atoms with Gasteiger partial charge >= 0.3 is 0 Å². The summed E-state index contributed by atoms with van der Waals surface area (Å²) in [7, 11) is 1.50. The SMILES string of the molecule is CCCc1ccc(O)cc1.CN. The van der Waals surface area contributed by atoms with E-state index in [4.69, 9.17) is 5.11 Å². The minimum Gasteiger partial charge on any atom is -0.508 e. The molecular weight excluding hydrogens is 150 g/mol. The Bertz CT molecular complexity index is 193. The molecule has 0 aliphatic rings. The zero-order valence-corrected chi connectivity index (χ0v) is 7.75. The van der Waals surface area contributed by atoms with E-state index in [0.717, 1.165) is 12.8 Å². The molecular formula is C10H17NO. The second-order valence-electron chi connectivity index (χ2n) is 2.42. The predicted molar refractivity (Wildman–Crippen MR) is 52.2 cm³/mol. The fourth-order valence-corrected chi connectivity index (χ4v) is 0.951. The van der Waals surface area contributed by atoms with E-state index in [2.05, 4.69) is 12.7 Å². The number of hydrogen-bond acceptors (Lipinski definition) is 2. The fourth-order valence-electron chi connectivity index (χ4n) is 0.951. The van der Waals surface area contributed by atoms with Gasteiger partial charge in [-0.15, -0.1) is 0 Å². The molecule has 2 heteroatoms. The average Bonchev–Trinajstić information content (AvgIpc) is 2.13. The molecule has 3 N–H and O–H groups in total. The smallest absolute Gasteiger partial charge is 0.115 e. The highest BCUT2D eigenvalue weighted by Crippen LogP contribution is 2.10. The van der Waals surface area contributed by atoms with E-state index in [9.17, 15) is 0 Å². The molecule has 0 aromatic heterocycles. The number of rotatable bonds is 2. The molecule has 0 aliphatic carbocycles. The van der Waals surface area contributed by atoms with Crippen LogP contribution in [0.2, 0.25) is 0 Å². The molecule has 0 atom stereocenters. The number of phenolic OH excluding ortho intramolecular Hbond substituents is 1. The minimum absolute atomic E-state index is 0.347. The molecule has 0 saturated heterocycles. The topological polar surface area (TPSA) is 46.2 Å². The van der Waals surface area contributed by atoms with Crippen LogP contribution in [0.15, 0.2) is 24.3 Å². The van der Waals surface area contributed by atoms with Crippen molar-refractivity contribution in [3.05, 3.63) is 29.8 Å². The molecule has 2 nitrogen and oxygen atoms in total. The highest BCUT2D eigenvalue weighted by Gasteiger charge is 1.89. The van der Waals surface area contributed by atoms with Crippen LogP contribution in [-0.4, -0.2) is 12.2 Å². The number of aromatic hydroxyl groups is 1. The summed E-state index contributed by atoms with van der Waals surface area (Å²) in [5.74, 6) is 0.347. The third-order valence-corrected chi connectivity index (χ3v) is 1.48. The molecule has 1 rings (SSSR count). The van der Waals surface area contributed by atoms with Crippen molar-refractivity contribution in [1.29, 1.82) is 0 Å². The minimum atomic E-state index is 0.347. The molecule has 0 unspecified atom stereocenters. The summed E-state index contributed by atoms with van der Waals surface area (Å²) in [5.41, 5.74) is 5.79. The first-order chi connectivity index (χ1) is 5.83. The molecule has 0 radical (unpaired) electrons. The summed E-state index contributed by atoms with van der Waals surface area (Å²) < 4.78 is 0. The zero-order valence-electron chi connectivity index (χ0n) is 7.75. The molecule has 0 heterocycles. The third-order valence-electron chi connectivity index (χ3n) is 1.48. The average molecular weight is 167 g/mol. The van der Waals surface area contributed by atoms with Crippen LogP contribution in [0, 0.1) is 0 Å². The monoisotopic (exact) mass is 167 g/mol. The Labute approximate surface area is 74.0 Å². The van der Waals surface area contributed by atoms with E-state index in [1.54, 1.807) is 12.1 Å². The second kappa shape index (κ2) is 6.68. The number of nitrogens with two attached hydrogens (primary N) is 1. The van der Waals surface area contributed by atoms with Crippen LogP contribution in [0.5, 0.6) is 5.75 Å². The molecule has 0 saturated carbocycles. The Morgan fingerprint density at radius 2 is 1.67 bits per heavy atom. The van der Waals surface area contributed by atoms with Crippen molar-refractivity contribution in [2.45, 2.75) is 19.8 Å². The van der Waals surface area contributed by atoms with Gasteiger partial charge in [-0.05, 0) is 31.2 Å². The quantitative estimate of drug-likeness (QED) is 0.707. The maximum atomic E-state index is 8.92. The van der Waals surface area contributed by atoms with Crippen LogP contribution in [-0.2, 0) is 6.42 Å². The van der Waals surface area contributed by atoms with Crippen molar-refractivity contribution in [3.63, 3.8) is 0 Å². The van der Waals surface area contributed by atoms with Gasteiger partial charge in [-0.2, -0.15) is 0 Å². The summed E-state index contributed by atoms with van der Waals surface area (Å²) >= 11 is 0. The van der Waals surface area contributed by atoms with Crippen molar-refractivity contribution in [2.24, 2.45) is 5.73 Å². The van der Waals surface area contributed by atoms with Gasteiger partial charge in [0.15, 0.2) is 0 Å². The van der Waals surface area contributed by atoms with Crippen molar-refractivity contribution >= 4 is 0 Å². The van der Waals surface area contributed by atoms with Crippen LogP contribution in [0.4, 0.5) is 0 Å². The third kappa shape index (κ3) is 3.98. The summed E-state index contributed by atoms with van der Waals surface area (Å²) in [5, 5.41) is 8.92. The molecule has 68 valence electrons. The van der Waals surface area contributed by atoms with Crippen molar-refractivity contribution in [1.82, 2.24) is 0 Å². The predicted octanol–water partition coefficient (Wildman–Crippen LogP) is 1.92. The molecule has 0 fully saturated rings. The first kappa shape index (κ1) is 11.0. The normalized spacial score (nSPS) is 8.58. The largest absolute Gasteiger partial charge is 0.508 e. The summed E-state index contributed by atoms with van der Waals surface area (Å²) in [6.07, 6.45) is 2.26. The zero-order chi connectivity index (χ0) is 9.40. The lowest BCUT2D eigenvalue weighted by Crippen LogP contribution is -1.79. The summed E-state index contributed by atoms with van der Waals surface area (Å²) in [6.45, 7) is 2.15. The van der Waals surface area contributed by atoms with Crippen molar-refractivity contribution in [3.8, 4) is 5.75 Å². The first-order valence-corrected chi connectivity index (χ1v) is 4.18. The fraction of sp³-hybridized carbons (Fsp3) is 0.400. The summed E-state index contributed by atoms with van der Waals surface area (Å²) in [6, 6.07) is 7.37. The lowest BCUT2D eigenvalue weighted by atomic mass is 10.1. The van der Waals surface area contributed by atoms with E-state index in [1.807, 2.05) is 12.1 Å². The van der Waals surface area contributed by atoms with Gasteiger partial charge in [-0.1, -0.05) is 25.5 Å². The highest BCUT2D eigenvalue weighted by atomic mass is 16.3. The van der Waals surface area contributed by atoms with Crippen LogP contribution < -0.4 is 5.73 Å². The number of benzene rings is 1. The van der Waals surface area contributed by atoms with E-state index in [-0.39, 0.29) is 0 Å². The van der Waals surface area contributed by atoms with Gasteiger partial charge in [-0.3, -0.25) is 0 Å². The van der Waals surface area contributed by atoms with E-state index < -0.39 is 0 Å². The highest BCUT2D eigenvalue weighted by molar-refractivity contribution is 5.25. The Morgan fingerprint density at radius 1 is 1.17 bits per heavy atom. The first-order valence-electron chi connectivity index (χ1n) is 4.18. The standard InChI is InChI=1S/C9H12O.CH5N/c1-2-3-8-4-6-9(10)7-5-8;1-2/h4-7,10H,2-3H2,1H3;2H2,1H3. The Kier molecular flexibility index (Phi) is 6.11. The second-order valence-corrected chi connectivity index (χ2v) is 2.42. The number of hydrogen-bond donors (Lipinski definition) is 2. The Morgan fingerprint density at radius 3 is 2.08 bits per heavy atom. The number of phenols is 1. The Balaban J connectivity index is 0.000000561. The molecule has 1 aromatic carbocycles. The van der Waals surface area contributed by atoms with Gasteiger partial charge in [0.1, 0.15) is 5.75 Å². The molecule has 12 heavy (non-hydrogen) atoms. The Hall–Kier alpha value is -1.02. The van der Waals surface area contributed by atoms with Gasteiger partial charge in [0.25, 0.3) is 0 Å².